The van der Waals surface area contributed by atoms with E-state index < -0.39 is 5.41 Å². The van der Waals surface area contributed by atoms with Crippen molar-refractivity contribution in [1.29, 1.82) is 0 Å². The lowest BCUT2D eigenvalue weighted by Crippen LogP contribution is -2.20. The van der Waals surface area contributed by atoms with Crippen LogP contribution in [0.4, 0.5) is 5.69 Å². The maximum atomic E-state index is 12.7. The van der Waals surface area contributed by atoms with E-state index in [1.165, 1.54) is 0 Å². The Kier molecular flexibility index (Phi) is 3.23. The Labute approximate surface area is 127 Å². The van der Waals surface area contributed by atoms with Crippen LogP contribution in [0.25, 0.3) is 0 Å². The summed E-state index contributed by atoms with van der Waals surface area (Å²) in [5, 5.41) is 0.867. The van der Waals surface area contributed by atoms with E-state index in [0.29, 0.717) is 21.3 Å². The number of Topliss-reactive ketones (excluding diaryl/α,β-unsaturated/α-hetero) is 1. The molecule has 0 radical (unpaired) electrons. The van der Waals surface area contributed by atoms with Crippen LogP contribution in [-0.2, 0) is 5.41 Å². The highest BCUT2D eigenvalue weighted by Crippen LogP contribution is 2.50. The first kappa shape index (κ1) is 13.5. The second kappa shape index (κ2) is 4.80. The van der Waals surface area contributed by atoms with Crippen LogP contribution in [-0.4, -0.2) is 5.78 Å². The van der Waals surface area contributed by atoms with Crippen LogP contribution in [0.3, 0.4) is 0 Å². The predicted octanol–water partition coefficient (Wildman–Crippen LogP) is 4.49. The average Bonchev–Trinajstić information content (AvgIpc) is 3.23. The molecular weight excluding hydrogens is 293 g/mol. The third-order valence-electron chi connectivity index (χ3n) is 3.83. The molecule has 0 bridgehead atoms. The molecule has 0 unspecified atom stereocenters. The highest BCUT2D eigenvalue weighted by molar-refractivity contribution is 6.42. The molecule has 102 valence electrons. The monoisotopic (exact) mass is 305 g/mol. The van der Waals surface area contributed by atoms with Crippen LogP contribution in [0.1, 0.15) is 28.8 Å². The van der Waals surface area contributed by atoms with Crippen LogP contribution in [0.15, 0.2) is 42.5 Å². The molecule has 2 aromatic carbocycles. The zero-order chi connectivity index (χ0) is 14.3. The summed E-state index contributed by atoms with van der Waals surface area (Å²) in [5.41, 5.74) is 7.61. The van der Waals surface area contributed by atoms with Gasteiger partial charge in [0.2, 0.25) is 0 Å². The number of carbonyl (C=O) groups is 1. The first-order valence-corrected chi connectivity index (χ1v) is 7.14. The first-order valence-electron chi connectivity index (χ1n) is 6.39. The minimum atomic E-state index is -0.412. The highest BCUT2D eigenvalue weighted by Gasteiger charge is 2.51. The minimum absolute atomic E-state index is 0.0980. The van der Waals surface area contributed by atoms with Crippen LogP contribution >= 0.6 is 23.2 Å². The molecule has 4 heteroatoms. The van der Waals surface area contributed by atoms with Gasteiger partial charge in [-0.3, -0.25) is 4.79 Å². The number of rotatable bonds is 3. The molecule has 3 rings (SSSR count). The van der Waals surface area contributed by atoms with Gasteiger partial charge in [-0.05, 0) is 48.7 Å². The molecule has 0 saturated heterocycles. The van der Waals surface area contributed by atoms with Crippen molar-refractivity contribution in [2.24, 2.45) is 0 Å². The molecule has 1 fully saturated rings. The van der Waals surface area contributed by atoms with Gasteiger partial charge in [0.05, 0.1) is 15.5 Å². The number of carbonyl (C=O) groups excluding carboxylic acids is 1. The molecule has 0 aromatic heterocycles. The summed E-state index contributed by atoms with van der Waals surface area (Å²) >= 11 is 11.9. The summed E-state index contributed by atoms with van der Waals surface area (Å²) < 4.78 is 0. The topological polar surface area (TPSA) is 43.1 Å². The van der Waals surface area contributed by atoms with Crippen molar-refractivity contribution >= 4 is 34.7 Å². The molecule has 1 aliphatic rings. The average molecular weight is 306 g/mol. The van der Waals surface area contributed by atoms with Gasteiger partial charge in [-0.2, -0.15) is 0 Å². The van der Waals surface area contributed by atoms with Crippen LogP contribution < -0.4 is 5.73 Å². The normalized spacial score (nSPS) is 15.9. The Morgan fingerprint density at radius 1 is 1.00 bits per heavy atom. The van der Waals surface area contributed by atoms with Crippen molar-refractivity contribution in [3.63, 3.8) is 0 Å². The molecule has 1 aliphatic carbocycles. The number of anilines is 1. The lowest BCUT2D eigenvalue weighted by molar-refractivity contribution is 0.0946. The lowest BCUT2D eigenvalue weighted by atomic mass is 9.87. The van der Waals surface area contributed by atoms with Gasteiger partial charge in [-0.1, -0.05) is 35.3 Å². The number of hydrogen-bond acceptors (Lipinski definition) is 2. The van der Waals surface area contributed by atoms with Crippen molar-refractivity contribution in [3.05, 3.63) is 63.6 Å². The Bertz CT molecular complexity index is 675. The van der Waals surface area contributed by atoms with E-state index in [2.05, 4.69) is 0 Å². The Hall–Kier alpha value is -1.51. The number of halogens is 2. The summed E-state index contributed by atoms with van der Waals surface area (Å²) in [4.78, 5) is 12.7. The largest absolute Gasteiger partial charge is 0.399 e. The van der Waals surface area contributed by atoms with Crippen molar-refractivity contribution in [3.8, 4) is 0 Å². The van der Waals surface area contributed by atoms with Gasteiger partial charge in [0.1, 0.15) is 0 Å². The van der Waals surface area contributed by atoms with Crippen molar-refractivity contribution < 1.29 is 4.79 Å². The van der Waals surface area contributed by atoms with Gasteiger partial charge in [-0.25, -0.2) is 0 Å². The fourth-order valence-electron chi connectivity index (χ4n) is 2.49. The molecule has 1 saturated carbocycles. The van der Waals surface area contributed by atoms with Gasteiger partial charge in [0, 0.05) is 11.3 Å². The Balaban J connectivity index is 1.97. The zero-order valence-electron chi connectivity index (χ0n) is 10.7. The standard InChI is InChI=1S/C16H13Cl2NO/c17-13-6-1-10(9-14(13)18)15(20)16(7-8-16)11-2-4-12(19)5-3-11/h1-6,9H,7-8,19H2. The summed E-state index contributed by atoms with van der Waals surface area (Å²) in [6, 6.07) is 12.6. The second-order valence-corrected chi connectivity index (χ2v) is 5.98. The van der Waals surface area contributed by atoms with E-state index in [0.717, 1.165) is 18.4 Å². The van der Waals surface area contributed by atoms with Gasteiger partial charge in [0.25, 0.3) is 0 Å². The molecule has 0 amide bonds. The quantitative estimate of drug-likeness (QED) is 0.670. The highest BCUT2D eigenvalue weighted by atomic mass is 35.5. The number of nitrogen functional groups attached to an aromatic ring is 1. The van der Waals surface area contributed by atoms with E-state index in [1.54, 1.807) is 18.2 Å². The van der Waals surface area contributed by atoms with Crippen molar-refractivity contribution in [2.45, 2.75) is 18.3 Å². The molecule has 2 N–H and O–H groups in total. The summed E-state index contributed by atoms with van der Waals surface area (Å²) in [7, 11) is 0. The molecular formula is C16H13Cl2NO. The molecule has 0 heterocycles. The fourth-order valence-corrected chi connectivity index (χ4v) is 2.79. The Morgan fingerprint density at radius 2 is 1.65 bits per heavy atom. The molecule has 0 spiro atoms. The SMILES string of the molecule is Nc1ccc(C2(C(=O)c3ccc(Cl)c(Cl)c3)CC2)cc1. The number of ketones is 1. The smallest absolute Gasteiger partial charge is 0.173 e. The van der Waals surface area contributed by atoms with Crippen molar-refractivity contribution in [1.82, 2.24) is 0 Å². The van der Waals surface area contributed by atoms with Gasteiger partial charge < -0.3 is 5.73 Å². The summed E-state index contributed by atoms with van der Waals surface area (Å²) in [6.07, 6.45) is 1.71. The van der Waals surface area contributed by atoms with Crippen LogP contribution in [0, 0.1) is 0 Å². The third-order valence-corrected chi connectivity index (χ3v) is 4.57. The van der Waals surface area contributed by atoms with Gasteiger partial charge in [-0.15, -0.1) is 0 Å². The van der Waals surface area contributed by atoms with Crippen molar-refractivity contribution in [2.75, 3.05) is 5.73 Å². The van der Waals surface area contributed by atoms with E-state index in [4.69, 9.17) is 28.9 Å². The number of nitrogens with two attached hydrogens (primary N) is 1. The molecule has 2 aromatic rings. The van der Waals surface area contributed by atoms with E-state index in [1.807, 2.05) is 24.3 Å². The summed E-state index contributed by atoms with van der Waals surface area (Å²) in [5.74, 6) is 0.0980. The van der Waals surface area contributed by atoms with E-state index in [-0.39, 0.29) is 5.78 Å². The molecule has 20 heavy (non-hydrogen) atoms. The second-order valence-electron chi connectivity index (χ2n) is 5.16. The van der Waals surface area contributed by atoms with Gasteiger partial charge in [0.15, 0.2) is 5.78 Å². The van der Waals surface area contributed by atoms with Gasteiger partial charge >= 0.3 is 0 Å². The predicted molar refractivity (Wildman–Crippen MR) is 82.6 cm³/mol. The number of hydrogen-bond donors (Lipinski definition) is 1. The molecule has 2 nitrogen and oxygen atoms in total. The number of benzene rings is 2. The maximum absolute atomic E-state index is 12.7. The lowest BCUT2D eigenvalue weighted by Gasteiger charge is -2.15. The fraction of sp³-hybridized carbons (Fsp3) is 0.188. The van der Waals surface area contributed by atoms with E-state index >= 15 is 0 Å². The third kappa shape index (κ3) is 2.19. The summed E-state index contributed by atoms with van der Waals surface area (Å²) in [6.45, 7) is 0. The maximum Gasteiger partial charge on any atom is 0.173 e. The minimum Gasteiger partial charge on any atom is -0.399 e. The molecule has 0 atom stereocenters. The Morgan fingerprint density at radius 3 is 2.20 bits per heavy atom. The van der Waals surface area contributed by atoms with Crippen LogP contribution in [0.2, 0.25) is 10.0 Å². The first-order chi connectivity index (χ1) is 9.53. The zero-order valence-corrected chi connectivity index (χ0v) is 12.2. The molecule has 0 aliphatic heterocycles. The van der Waals surface area contributed by atoms with E-state index in [9.17, 15) is 4.79 Å². The van der Waals surface area contributed by atoms with Crippen LogP contribution in [0.5, 0.6) is 0 Å².